The molecule has 1 aromatic rings. The third kappa shape index (κ3) is 2.44. The second-order valence-electron chi connectivity index (χ2n) is 5.09. The maximum absolute atomic E-state index is 14.0. The van der Waals surface area contributed by atoms with Crippen LogP contribution in [0.25, 0.3) is 0 Å². The molecule has 1 aliphatic rings. The van der Waals surface area contributed by atoms with Crippen LogP contribution in [0.5, 0.6) is 0 Å². The fourth-order valence-electron chi connectivity index (χ4n) is 2.48. The van der Waals surface area contributed by atoms with E-state index in [4.69, 9.17) is 0 Å². The number of carbonyl (C=O) groups excluding carboxylic acids is 1. The number of carboxylic acids is 1. The van der Waals surface area contributed by atoms with Gasteiger partial charge in [0.1, 0.15) is 11.4 Å². The van der Waals surface area contributed by atoms with E-state index in [1.54, 1.807) is 6.07 Å². The summed E-state index contributed by atoms with van der Waals surface area (Å²) in [6, 6.07) is 4.43. The van der Waals surface area contributed by atoms with Gasteiger partial charge in [0.25, 0.3) is 5.91 Å². The number of nitrogens with zero attached hydrogens (tertiary/aromatic N) is 1. The SMILES string of the molecule is CC1(C(=O)O)CCCCN1C(=O)c1cccc(Br)c1F. The van der Waals surface area contributed by atoms with Crippen molar-refractivity contribution in [2.75, 3.05) is 6.54 Å². The Morgan fingerprint density at radius 2 is 2.10 bits per heavy atom. The van der Waals surface area contributed by atoms with E-state index in [0.29, 0.717) is 13.0 Å². The lowest BCUT2D eigenvalue weighted by atomic mass is 9.88. The van der Waals surface area contributed by atoms with Gasteiger partial charge in [-0.05, 0) is 54.2 Å². The van der Waals surface area contributed by atoms with E-state index in [1.807, 2.05) is 0 Å². The maximum Gasteiger partial charge on any atom is 0.329 e. The van der Waals surface area contributed by atoms with E-state index in [1.165, 1.54) is 24.0 Å². The Morgan fingerprint density at radius 1 is 1.40 bits per heavy atom. The van der Waals surface area contributed by atoms with Gasteiger partial charge >= 0.3 is 5.97 Å². The zero-order valence-electron chi connectivity index (χ0n) is 11.0. The Balaban J connectivity index is 2.40. The van der Waals surface area contributed by atoms with E-state index in [-0.39, 0.29) is 10.0 Å². The summed E-state index contributed by atoms with van der Waals surface area (Å²) in [5.41, 5.74) is -1.38. The van der Waals surface area contributed by atoms with Crippen LogP contribution in [-0.4, -0.2) is 34.0 Å². The smallest absolute Gasteiger partial charge is 0.329 e. The van der Waals surface area contributed by atoms with Gasteiger partial charge in [0.15, 0.2) is 0 Å². The summed E-state index contributed by atoms with van der Waals surface area (Å²) in [5.74, 6) is -2.29. The Bertz CT molecular complexity index is 563. The number of piperidine rings is 1. The molecule has 1 saturated heterocycles. The van der Waals surface area contributed by atoms with Gasteiger partial charge in [-0.3, -0.25) is 4.79 Å². The third-order valence-corrected chi connectivity index (χ3v) is 4.39. The van der Waals surface area contributed by atoms with Gasteiger partial charge in [0.2, 0.25) is 0 Å². The molecule has 1 aromatic carbocycles. The highest BCUT2D eigenvalue weighted by atomic mass is 79.9. The number of carbonyl (C=O) groups is 2. The molecule has 1 aliphatic heterocycles. The molecule has 1 heterocycles. The molecule has 1 amide bonds. The average molecular weight is 344 g/mol. The van der Waals surface area contributed by atoms with Crippen molar-refractivity contribution in [2.45, 2.75) is 31.7 Å². The Kier molecular flexibility index (Phi) is 4.13. The molecule has 1 atom stereocenters. The lowest BCUT2D eigenvalue weighted by Crippen LogP contribution is -2.57. The van der Waals surface area contributed by atoms with Crippen LogP contribution in [0.1, 0.15) is 36.5 Å². The Hall–Kier alpha value is -1.43. The summed E-state index contributed by atoms with van der Waals surface area (Å²) in [7, 11) is 0. The van der Waals surface area contributed by atoms with Gasteiger partial charge in [-0.15, -0.1) is 0 Å². The molecular weight excluding hydrogens is 329 g/mol. The van der Waals surface area contributed by atoms with Crippen molar-refractivity contribution in [1.82, 2.24) is 4.90 Å². The van der Waals surface area contributed by atoms with Gasteiger partial charge in [-0.25, -0.2) is 9.18 Å². The molecule has 0 spiro atoms. The summed E-state index contributed by atoms with van der Waals surface area (Å²) in [6.07, 6.45) is 1.85. The van der Waals surface area contributed by atoms with Crippen molar-refractivity contribution in [1.29, 1.82) is 0 Å². The van der Waals surface area contributed by atoms with Crippen molar-refractivity contribution in [3.8, 4) is 0 Å². The number of amides is 1. The minimum atomic E-state index is -1.27. The molecular formula is C14H15BrFNO3. The fourth-order valence-corrected chi connectivity index (χ4v) is 2.85. The van der Waals surface area contributed by atoms with E-state index in [9.17, 15) is 19.1 Å². The number of halogens is 2. The van der Waals surface area contributed by atoms with Gasteiger partial charge in [0, 0.05) is 6.54 Å². The van der Waals surface area contributed by atoms with Crippen molar-refractivity contribution < 1.29 is 19.1 Å². The predicted octanol–water partition coefficient (Wildman–Crippen LogP) is 3.06. The second kappa shape index (κ2) is 5.52. The highest BCUT2D eigenvalue weighted by molar-refractivity contribution is 9.10. The number of hydrogen-bond acceptors (Lipinski definition) is 2. The molecule has 4 nitrogen and oxygen atoms in total. The van der Waals surface area contributed by atoms with Crippen molar-refractivity contribution in [3.05, 3.63) is 34.1 Å². The van der Waals surface area contributed by atoms with Crippen LogP contribution < -0.4 is 0 Å². The standard InChI is InChI=1S/C14H15BrFNO3/c1-14(13(19)20)7-2-3-8-17(14)12(18)9-5-4-6-10(15)11(9)16/h4-6H,2-3,7-8H2,1H3,(H,19,20). The molecule has 1 unspecified atom stereocenters. The molecule has 1 N–H and O–H groups in total. The van der Waals surface area contributed by atoms with E-state index < -0.39 is 23.2 Å². The van der Waals surface area contributed by atoms with E-state index in [0.717, 1.165) is 12.8 Å². The summed E-state index contributed by atoms with van der Waals surface area (Å²) in [6.45, 7) is 1.84. The molecule has 20 heavy (non-hydrogen) atoms. The predicted molar refractivity (Wildman–Crippen MR) is 75.0 cm³/mol. The molecule has 0 aliphatic carbocycles. The zero-order chi connectivity index (χ0) is 14.9. The summed E-state index contributed by atoms with van der Waals surface area (Å²) < 4.78 is 14.2. The number of benzene rings is 1. The first-order valence-corrected chi connectivity index (χ1v) is 7.16. The Labute approximate surface area is 124 Å². The maximum atomic E-state index is 14.0. The van der Waals surface area contributed by atoms with Crippen LogP contribution in [0.15, 0.2) is 22.7 Å². The van der Waals surface area contributed by atoms with Crippen molar-refractivity contribution >= 4 is 27.8 Å². The molecule has 108 valence electrons. The normalized spacial score (nSPS) is 22.6. The highest BCUT2D eigenvalue weighted by Crippen LogP contribution is 2.31. The molecule has 0 bridgehead atoms. The Morgan fingerprint density at radius 3 is 2.75 bits per heavy atom. The molecule has 0 saturated carbocycles. The minimum Gasteiger partial charge on any atom is -0.480 e. The largest absolute Gasteiger partial charge is 0.480 e. The van der Waals surface area contributed by atoms with Crippen LogP contribution in [0, 0.1) is 5.82 Å². The molecule has 2 rings (SSSR count). The lowest BCUT2D eigenvalue weighted by Gasteiger charge is -2.41. The highest BCUT2D eigenvalue weighted by Gasteiger charge is 2.44. The van der Waals surface area contributed by atoms with Gasteiger partial charge in [-0.2, -0.15) is 0 Å². The average Bonchev–Trinajstić information content (AvgIpc) is 2.41. The molecule has 0 radical (unpaired) electrons. The molecule has 1 fully saturated rings. The second-order valence-corrected chi connectivity index (χ2v) is 5.95. The fraction of sp³-hybridized carbons (Fsp3) is 0.429. The van der Waals surface area contributed by atoms with Crippen LogP contribution >= 0.6 is 15.9 Å². The molecule has 0 aromatic heterocycles. The number of hydrogen-bond donors (Lipinski definition) is 1. The quantitative estimate of drug-likeness (QED) is 0.897. The topological polar surface area (TPSA) is 57.6 Å². The van der Waals surface area contributed by atoms with E-state index >= 15 is 0 Å². The van der Waals surface area contributed by atoms with Crippen LogP contribution in [0.2, 0.25) is 0 Å². The first-order chi connectivity index (χ1) is 9.38. The third-order valence-electron chi connectivity index (χ3n) is 3.78. The van der Waals surface area contributed by atoms with Gasteiger partial charge in [-0.1, -0.05) is 6.07 Å². The van der Waals surface area contributed by atoms with Gasteiger partial charge < -0.3 is 10.0 Å². The van der Waals surface area contributed by atoms with Crippen LogP contribution in [0.4, 0.5) is 4.39 Å². The number of carboxylic acid groups (broad SMARTS) is 1. The zero-order valence-corrected chi connectivity index (χ0v) is 12.6. The number of rotatable bonds is 2. The van der Waals surface area contributed by atoms with Crippen LogP contribution in [-0.2, 0) is 4.79 Å². The van der Waals surface area contributed by atoms with Crippen molar-refractivity contribution in [2.24, 2.45) is 0 Å². The number of aliphatic carboxylic acids is 1. The first-order valence-electron chi connectivity index (χ1n) is 6.37. The summed E-state index contributed by atoms with van der Waals surface area (Å²) in [5, 5.41) is 9.39. The van der Waals surface area contributed by atoms with Gasteiger partial charge in [0.05, 0.1) is 10.0 Å². The summed E-state index contributed by atoms with van der Waals surface area (Å²) >= 11 is 3.03. The first kappa shape index (κ1) is 15.0. The van der Waals surface area contributed by atoms with Crippen LogP contribution in [0.3, 0.4) is 0 Å². The minimum absolute atomic E-state index is 0.103. The molecule has 6 heteroatoms. The van der Waals surface area contributed by atoms with Crippen molar-refractivity contribution in [3.63, 3.8) is 0 Å². The monoisotopic (exact) mass is 343 g/mol. The van der Waals surface area contributed by atoms with E-state index in [2.05, 4.69) is 15.9 Å². The summed E-state index contributed by atoms with van der Waals surface area (Å²) in [4.78, 5) is 25.2. The number of likely N-dealkylation sites (tertiary alicyclic amines) is 1. The lowest BCUT2D eigenvalue weighted by molar-refractivity contribution is -0.150.